The zero-order valence-electron chi connectivity index (χ0n) is 15.1. The fourth-order valence-corrected chi connectivity index (χ4v) is 3.94. The Morgan fingerprint density at radius 3 is 2.42 bits per heavy atom. The minimum Gasteiger partial charge on any atom is -0.481 e. The van der Waals surface area contributed by atoms with Gasteiger partial charge in [-0.25, -0.2) is 0 Å². The first-order chi connectivity index (χ1) is 12.2. The Labute approximate surface area is 151 Å². The molecule has 0 bridgehead atoms. The summed E-state index contributed by atoms with van der Waals surface area (Å²) in [5.74, 6) is -1.74. The predicted octanol–water partition coefficient (Wildman–Crippen LogP) is 1.90. The maximum absolute atomic E-state index is 12.5. The van der Waals surface area contributed by atoms with Gasteiger partial charge in [0.2, 0.25) is 0 Å². The Morgan fingerprint density at radius 2 is 1.81 bits per heavy atom. The van der Waals surface area contributed by atoms with Crippen molar-refractivity contribution in [3.8, 4) is 0 Å². The van der Waals surface area contributed by atoms with E-state index in [2.05, 4.69) is 10.3 Å². The van der Waals surface area contributed by atoms with Crippen molar-refractivity contribution in [2.75, 3.05) is 0 Å². The summed E-state index contributed by atoms with van der Waals surface area (Å²) in [5.41, 5.74) is 0.251. The molecule has 0 spiro atoms. The summed E-state index contributed by atoms with van der Waals surface area (Å²) < 4.78 is 0. The topological polar surface area (TPSA) is 116 Å². The second kappa shape index (κ2) is 6.70. The number of carbonyl (C=O) groups excluding carboxylic acids is 2. The Bertz CT molecular complexity index is 816. The standard InChI is InChI=1S/C19H24N2O5/c1-19(2)8-14-12(15(22)9-19)7-13(17(24)21-14)16(23)20-11-5-3-10(4-6-11)18(25)26/h7,10-11H,3-6,8-9H2,1-2H3,(H,20,23)(H,21,24)(H,25,26). The van der Waals surface area contributed by atoms with Gasteiger partial charge in [0.15, 0.2) is 5.78 Å². The molecule has 1 amide bonds. The third-order valence-corrected chi connectivity index (χ3v) is 5.37. The fraction of sp³-hybridized carbons (Fsp3) is 0.579. The average molecular weight is 360 g/mol. The summed E-state index contributed by atoms with van der Waals surface area (Å²) in [5, 5.41) is 11.8. The lowest BCUT2D eigenvalue weighted by Gasteiger charge is -2.30. The molecule has 1 aromatic heterocycles. The zero-order valence-corrected chi connectivity index (χ0v) is 15.1. The van der Waals surface area contributed by atoms with Gasteiger partial charge in [0.25, 0.3) is 11.5 Å². The van der Waals surface area contributed by atoms with Gasteiger partial charge in [-0.05, 0) is 43.6 Å². The Morgan fingerprint density at radius 1 is 1.15 bits per heavy atom. The second-order valence-corrected chi connectivity index (χ2v) is 8.21. The molecule has 3 rings (SSSR count). The van der Waals surface area contributed by atoms with Gasteiger partial charge < -0.3 is 15.4 Å². The van der Waals surface area contributed by atoms with Gasteiger partial charge in [-0.2, -0.15) is 0 Å². The monoisotopic (exact) mass is 360 g/mol. The van der Waals surface area contributed by atoms with Crippen LogP contribution in [-0.4, -0.2) is 33.8 Å². The van der Waals surface area contributed by atoms with Crippen LogP contribution in [0.15, 0.2) is 10.9 Å². The molecule has 0 saturated heterocycles. The molecular formula is C19H24N2O5. The number of carboxylic acid groups (broad SMARTS) is 1. The summed E-state index contributed by atoms with van der Waals surface area (Å²) in [6, 6.07) is 1.26. The summed E-state index contributed by atoms with van der Waals surface area (Å²) in [4.78, 5) is 50.9. The Kier molecular flexibility index (Phi) is 4.73. The van der Waals surface area contributed by atoms with E-state index >= 15 is 0 Å². The normalized spacial score (nSPS) is 24.6. The van der Waals surface area contributed by atoms with Crippen molar-refractivity contribution in [1.82, 2.24) is 10.3 Å². The number of aromatic amines is 1. The number of aromatic nitrogens is 1. The Balaban J connectivity index is 1.75. The van der Waals surface area contributed by atoms with Crippen LogP contribution in [-0.2, 0) is 11.2 Å². The molecule has 0 aliphatic heterocycles. The number of pyridine rings is 1. The van der Waals surface area contributed by atoms with Gasteiger partial charge in [-0.1, -0.05) is 13.8 Å². The minimum atomic E-state index is -0.803. The van der Waals surface area contributed by atoms with E-state index in [0.717, 1.165) is 0 Å². The van der Waals surface area contributed by atoms with Crippen molar-refractivity contribution < 1.29 is 19.5 Å². The lowest BCUT2D eigenvalue weighted by Crippen LogP contribution is -2.41. The molecule has 0 radical (unpaired) electrons. The molecule has 7 nitrogen and oxygen atoms in total. The number of hydrogen-bond acceptors (Lipinski definition) is 4. The highest BCUT2D eigenvalue weighted by Gasteiger charge is 2.33. The first-order valence-electron chi connectivity index (χ1n) is 8.99. The number of hydrogen-bond donors (Lipinski definition) is 3. The number of carboxylic acids is 1. The van der Waals surface area contributed by atoms with Crippen molar-refractivity contribution in [3.05, 3.63) is 33.2 Å². The maximum atomic E-state index is 12.5. The number of Topliss-reactive ketones (excluding diaryl/α,β-unsaturated/α-hetero) is 1. The number of carbonyl (C=O) groups is 3. The van der Waals surface area contributed by atoms with Crippen LogP contribution in [0.1, 0.15) is 72.4 Å². The van der Waals surface area contributed by atoms with Gasteiger partial charge in [0, 0.05) is 23.7 Å². The zero-order chi connectivity index (χ0) is 19.1. The van der Waals surface area contributed by atoms with Gasteiger partial charge >= 0.3 is 5.97 Å². The van der Waals surface area contributed by atoms with Gasteiger partial charge in [-0.15, -0.1) is 0 Å². The van der Waals surface area contributed by atoms with Crippen LogP contribution in [0, 0.1) is 11.3 Å². The number of ketones is 1. The SMILES string of the molecule is CC1(C)CC(=O)c2cc(C(=O)NC3CCC(C(=O)O)CC3)c(=O)[nH]c2C1. The van der Waals surface area contributed by atoms with Gasteiger partial charge in [0.1, 0.15) is 5.56 Å². The Hall–Kier alpha value is -2.44. The van der Waals surface area contributed by atoms with E-state index in [4.69, 9.17) is 5.11 Å². The number of H-pyrrole nitrogens is 1. The lowest BCUT2D eigenvalue weighted by molar-refractivity contribution is -0.142. The van der Waals surface area contributed by atoms with Crippen LogP contribution < -0.4 is 10.9 Å². The molecule has 0 aromatic carbocycles. The number of nitrogens with one attached hydrogen (secondary N) is 2. The quantitative estimate of drug-likeness (QED) is 0.761. The molecule has 1 aromatic rings. The number of rotatable bonds is 3. The molecule has 0 atom stereocenters. The third-order valence-electron chi connectivity index (χ3n) is 5.37. The van der Waals surface area contributed by atoms with Gasteiger partial charge in [-0.3, -0.25) is 19.2 Å². The molecule has 1 saturated carbocycles. The van der Waals surface area contributed by atoms with E-state index in [1.807, 2.05) is 13.8 Å². The molecule has 3 N–H and O–H groups in total. The van der Waals surface area contributed by atoms with E-state index < -0.39 is 17.4 Å². The van der Waals surface area contributed by atoms with Crippen molar-refractivity contribution in [2.24, 2.45) is 11.3 Å². The van der Waals surface area contributed by atoms with Crippen LogP contribution in [0.5, 0.6) is 0 Å². The second-order valence-electron chi connectivity index (χ2n) is 8.21. The smallest absolute Gasteiger partial charge is 0.306 e. The van der Waals surface area contributed by atoms with Crippen LogP contribution in [0.25, 0.3) is 0 Å². The average Bonchev–Trinajstić information content (AvgIpc) is 2.53. The number of fused-ring (bicyclic) bond motifs is 1. The first kappa shape index (κ1) is 18.4. The van der Waals surface area contributed by atoms with Gasteiger partial charge in [0.05, 0.1) is 5.92 Å². The summed E-state index contributed by atoms with van der Waals surface area (Å²) >= 11 is 0. The number of aliphatic carboxylic acids is 1. The highest BCUT2D eigenvalue weighted by molar-refractivity contribution is 6.02. The molecular weight excluding hydrogens is 336 g/mol. The third kappa shape index (κ3) is 3.71. The lowest BCUT2D eigenvalue weighted by atomic mass is 9.75. The summed E-state index contributed by atoms with van der Waals surface area (Å²) in [7, 11) is 0. The highest BCUT2D eigenvalue weighted by atomic mass is 16.4. The van der Waals surface area contributed by atoms with E-state index in [1.54, 1.807) is 0 Å². The van der Waals surface area contributed by atoms with Crippen molar-refractivity contribution in [2.45, 2.75) is 58.4 Å². The number of amides is 1. The molecule has 7 heteroatoms. The van der Waals surface area contributed by atoms with E-state index in [9.17, 15) is 19.2 Å². The van der Waals surface area contributed by atoms with Crippen LogP contribution in [0.2, 0.25) is 0 Å². The summed E-state index contributed by atoms with van der Waals surface area (Å²) in [6.45, 7) is 3.94. The molecule has 0 unspecified atom stereocenters. The molecule has 26 heavy (non-hydrogen) atoms. The van der Waals surface area contributed by atoms with E-state index in [-0.39, 0.29) is 28.7 Å². The van der Waals surface area contributed by atoms with Crippen LogP contribution in [0.4, 0.5) is 0 Å². The minimum absolute atomic E-state index is 0.0582. The van der Waals surface area contributed by atoms with E-state index in [0.29, 0.717) is 49.8 Å². The molecule has 1 fully saturated rings. The van der Waals surface area contributed by atoms with Crippen molar-refractivity contribution in [1.29, 1.82) is 0 Å². The fourth-order valence-electron chi connectivity index (χ4n) is 3.94. The van der Waals surface area contributed by atoms with E-state index in [1.165, 1.54) is 6.07 Å². The van der Waals surface area contributed by atoms with Crippen LogP contribution in [0.3, 0.4) is 0 Å². The molecule has 2 aliphatic rings. The molecule has 1 heterocycles. The highest BCUT2D eigenvalue weighted by Crippen LogP contribution is 2.33. The van der Waals surface area contributed by atoms with Crippen molar-refractivity contribution >= 4 is 17.7 Å². The summed E-state index contributed by atoms with van der Waals surface area (Å²) in [6.07, 6.45) is 3.12. The molecule has 2 aliphatic carbocycles. The maximum Gasteiger partial charge on any atom is 0.306 e. The first-order valence-corrected chi connectivity index (χ1v) is 8.99. The largest absolute Gasteiger partial charge is 0.481 e. The molecule has 140 valence electrons. The van der Waals surface area contributed by atoms with Crippen LogP contribution >= 0.6 is 0 Å². The van der Waals surface area contributed by atoms with Crippen molar-refractivity contribution in [3.63, 3.8) is 0 Å². The predicted molar refractivity (Wildman–Crippen MR) is 94.3 cm³/mol.